The molecule has 0 bridgehead atoms. The fourth-order valence-corrected chi connectivity index (χ4v) is 3.10. The van der Waals surface area contributed by atoms with Gasteiger partial charge in [-0.05, 0) is 5.25 Å². The lowest BCUT2D eigenvalue weighted by atomic mass is 10.6. The highest BCUT2D eigenvalue weighted by atomic mass is 32.5. The van der Waals surface area contributed by atoms with E-state index in [9.17, 15) is 0 Å². The van der Waals surface area contributed by atoms with Gasteiger partial charge in [0.15, 0.2) is 0 Å². The van der Waals surface area contributed by atoms with Crippen molar-refractivity contribution in [2.45, 2.75) is 19.1 Å². The lowest BCUT2D eigenvalue weighted by Crippen LogP contribution is -1.89. The maximum Gasteiger partial charge on any atom is 0.133 e. The van der Waals surface area contributed by atoms with Gasteiger partial charge in [-0.25, -0.2) is 0 Å². The van der Waals surface area contributed by atoms with Crippen molar-refractivity contribution < 1.29 is 9.05 Å². The van der Waals surface area contributed by atoms with Crippen LogP contribution in [0.5, 0.6) is 0 Å². The van der Waals surface area contributed by atoms with Crippen LogP contribution in [0.25, 0.3) is 0 Å². The van der Waals surface area contributed by atoms with Crippen molar-refractivity contribution in [1.29, 1.82) is 0 Å². The van der Waals surface area contributed by atoms with Crippen LogP contribution in [-0.2, 0) is 20.0 Å². The first-order valence-corrected chi connectivity index (χ1v) is 5.98. The minimum absolute atomic E-state index is 0.652. The first kappa shape index (κ1) is 9.70. The Labute approximate surface area is 61.1 Å². The predicted octanol–water partition coefficient (Wildman–Crippen LogP) is 1.46. The van der Waals surface area contributed by atoms with E-state index in [2.05, 4.69) is 13.8 Å². The molecule has 0 spiro atoms. The average Bonchev–Trinajstić information content (AvgIpc) is 1.82. The Kier molecular flexibility index (Phi) is 5.91. The third kappa shape index (κ3) is 5.16. The molecule has 0 atom stereocenters. The Hall–Kier alpha value is 0.700. The van der Waals surface area contributed by atoms with Crippen LogP contribution in [0.2, 0.25) is 0 Å². The molecule has 0 amide bonds. The van der Waals surface area contributed by atoms with Crippen molar-refractivity contribution >= 4 is 18.1 Å². The number of thiol groups is 1. The van der Waals surface area contributed by atoms with E-state index in [1.165, 1.54) is 10.9 Å². The van der Waals surface area contributed by atoms with E-state index in [1.807, 2.05) is 0 Å². The molecule has 0 aromatic heterocycles. The molecule has 4 heteroatoms. The van der Waals surface area contributed by atoms with Crippen molar-refractivity contribution in [3.63, 3.8) is 0 Å². The lowest BCUT2D eigenvalue weighted by molar-refractivity contribution is 0.359. The summed E-state index contributed by atoms with van der Waals surface area (Å²) in [5.74, 6) is 0. The van der Waals surface area contributed by atoms with Crippen LogP contribution in [0.1, 0.15) is 13.8 Å². The maximum absolute atomic E-state index is 5.08. The quantitative estimate of drug-likeness (QED) is 0.510. The second-order valence-electron chi connectivity index (χ2n) is 1.90. The molecule has 0 unspecified atom stereocenters. The van der Waals surface area contributed by atoms with Crippen LogP contribution in [-0.4, -0.2) is 19.5 Å². The lowest BCUT2D eigenvalue weighted by Gasteiger charge is -2.04. The van der Waals surface area contributed by atoms with E-state index in [1.54, 1.807) is 14.2 Å². The zero-order valence-corrected chi connectivity index (χ0v) is 8.24. The fraction of sp³-hybridized carbons (Fsp3) is 1.00. The first-order valence-electron chi connectivity index (χ1n) is 2.86. The minimum atomic E-state index is -0.951. The molecule has 0 saturated carbocycles. The molecule has 0 aromatic carbocycles. The molecule has 0 saturated heterocycles. The van der Waals surface area contributed by atoms with Gasteiger partial charge < -0.3 is 9.05 Å². The van der Waals surface area contributed by atoms with Crippen LogP contribution in [0.3, 0.4) is 0 Å². The van der Waals surface area contributed by atoms with E-state index in [4.69, 9.17) is 9.05 Å². The van der Waals surface area contributed by atoms with Crippen LogP contribution in [0.4, 0.5) is 0 Å². The second kappa shape index (κ2) is 5.48. The summed E-state index contributed by atoms with van der Waals surface area (Å²) in [5.41, 5.74) is 0. The molecule has 0 N–H and O–H groups in total. The van der Waals surface area contributed by atoms with Gasteiger partial charge in [-0.1, -0.05) is 13.8 Å². The smallest absolute Gasteiger partial charge is 0.133 e. The Morgan fingerprint density at radius 3 is 1.78 bits per heavy atom. The van der Waals surface area contributed by atoms with E-state index in [0.29, 0.717) is 5.25 Å². The van der Waals surface area contributed by atoms with Gasteiger partial charge >= 0.3 is 0 Å². The molecule has 0 rings (SSSR count). The van der Waals surface area contributed by atoms with Gasteiger partial charge in [0.2, 0.25) is 0 Å². The Bertz CT molecular complexity index is 97.1. The summed E-state index contributed by atoms with van der Waals surface area (Å²) >= 11 is 0. The molecule has 0 fully saturated rings. The molecular formula is C5H15O2PS. The van der Waals surface area contributed by atoms with E-state index < -0.39 is 7.15 Å². The highest BCUT2D eigenvalue weighted by Crippen LogP contribution is 2.24. The number of hydrogen-bond donors (Lipinski definition) is 1. The van der Waals surface area contributed by atoms with Gasteiger partial charge in [0, 0.05) is 14.2 Å². The molecule has 0 heterocycles. The average molecular weight is 170 g/mol. The number of hydrogen-bond acceptors (Lipinski definition) is 2. The zero-order chi connectivity index (χ0) is 7.28. The first-order chi connectivity index (χ1) is 4.20. The highest BCUT2D eigenvalue weighted by Gasteiger charge is 1.89. The third-order valence-corrected chi connectivity index (χ3v) is 5.42. The molecule has 9 heavy (non-hydrogen) atoms. The summed E-state index contributed by atoms with van der Waals surface area (Å²) in [7, 11) is 3.75. The van der Waals surface area contributed by atoms with Crippen molar-refractivity contribution in [3.05, 3.63) is 0 Å². The summed E-state index contributed by atoms with van der Waals surface area (Å²) in [6.07, 6.45) is 0. The SMILES string of the molecule is CO[PH](OC)=[SH]C(C)C. The normalized spacial score (nSPS) is 11.3. The summed E-state index contributed by atoms with van der Waals surface area (Å²) in [6, 6.07) is 0. The predicted molar refractivity (Wildman–Crippen MR) is 46.2 cm³/mol. The Balaban J connectivity index is 3.75. The van der Waals surface area contributed by atoms with E-state index in [0.717, 1.165) is 0 Å². The van der Waals surface area contributed by atoms with Crippen LogP contribution in [0, 0.1) is 0 Å². The molecule has 0 aliphatic carbocycles. The fourth-order valence-electron chi connectivity index (χ4n) is 0.400. The molecular weight excluding hydrogens is 155 g/mol. The van der Waals surface area contributed by atoms with Crippen molar-refractivity contribution in [1.82, 2.24) is 0 Å². The standard InChI is InChI=1S/C5H15O2PS/c1-5(2)9-8(6-3)7-4/h5,8-9H,1-4H3. The summed E-state index contributed by atoms with van der Waals surface area (Å²) in [6.45, 7) is 4.31. The maximum atomic E-state index is 5.08. The minimum Gasteiger partial charge on any atom is -0.339 e. The molecule has 2 nitrogen and oxygen atoms in total. The van der Waals surface area contributed by atoms with E-state index in [-0.39, 0.29) is 0 Å². The Morgan fingerprint density at radius 1 is 1.22 bits per heavy atom. The third-order valence-electron chi connectivity index (χ3n) is 0.713. The molecule has 58 valence electrons. The van der Waals surface area contributed by atoms with Crippen LogP contribution in [0.15, 0.2) is 0 Å². The monoisotopic (exact) mass is 170 g/mol. The zero-order valence-electron chi connectivity index (χ0n) is 6.34. The van der Waals surface area contributed by atoms with Crippen molar-refractivity contribution in [2.75, 3.05) is 14.2 Å². The van der Waals surface area contributed by atoms with Gasteiger partial charge in [0.25, 0.3) is 0 Å². The van der Waals surface area contributed by atoms with Crippen molar-refractivity contribution in [3.8, 4) is 0 Å². The molecule has 0 aliphatic rings. The molecule has 0 radical (unpaired) electrons. The van der Waals surface area contributed by atoms with E-state index >= 15 is 0 Å². The summed E-state index contributed by atoms with van der Waals surface area (Å²) < 4.78 is 10.2. The van der Waals surface area contributed by atoms with Crippen LogP contribution >= 0.6 is 7.15 Å². The van der Waals surface area contributed by atoms with Gasteiger partial charge in [-0.2, -0.15) is 10.9 Å². The summed E-state index contributed by atoms with van der Waals surface area (Å²) in [4.78, 5) is 0. The van der Waals surface area contributed by atoms with Gasteiger partial charge in [0.1, 0.15) is 7.15 Å². The Morgan fingerprint density at radius 2 is 1.67 bits per heavy atom. The van der Waals surface area contributed by atoms with Crippen LogP contribution < -0.4 is 0 Å². The topological polar surface area (TPSA) is 18.5 Å². The summed E-state index contributed by atoms with van der Waals surface area (Å²) in [5, 5.41) is 0.652. The van der Waals surface area contributed by atoms with Crippen molar-refractivity contribution in [2.24, 2.45) is 0 Å². The van der Waals surface area contributed by atoms with Gasteiger partial charge in [0.05, 0.1) is 0 Å². The second-order valence-corrected chi connectivity index (χ2v) is 6.41. The number of rotatable bonds is 3. The molecule has 0 aromatic rings. The largest absolute Gasteiger partial charge is 0.339 e. The highest BCUT2D eigenvalue weighted by molar-refractivity contribution is 8.12. The van der Waals surface area contributed by atoms with Gasteiger partial charge in [-0.15, -0.1) is 0 Å². The molecule has 0 aliphatic heterocycles. The van der Waals surface area contributed by atoms with Gasteiger partial charge in [-0.3, -0.25) is 0 Å².